The van der Waals surface area contributed by atoms with Gasteiger partial charge in [-0.25, -0.2) is 15.0 Å². The van der Waals surface area contributed by atoms with Crippen LogP contribution >= 0.6 is 23.7 Å². The Labute approximate surface area is 256 Å². The second kappa shape index (κ2) is 13.3. The van der Waals surface area contributed by atoms with Gasteiger partial charge in [-0.15, -0.1) is 23.7 Å². The number of alkyl halides is 3. The maximum atomic E-state index is 13.0. The molecule has 1 aliphatic carbocycles. The maximum Gasteiger partial charge on any atom is 0.393 e. The quantitative estimate of drug-likeness (QED) is 0.177. The number of fused-ring (bicyclic) bond motifs is 1. The third-order valence-corrected chi connectivity index (χ3v) is 8.48. The highest BCUT2D eigenvalue weighted by molar-refractivity contribution is 7.18. The van der Waals surface area contributed by atoms with Crippen molar-refractivity contribution in [2.24, 2.45) is 0 Å². The molecule has 1 saturated carbocycles. The van der Waals surface area contributed by atoms with E-state index < -0.39 is 12.6 Å². The summed E-state index contributed by atoms with van der Waals surface area (Å²) in [5.74, 6) is 2.01. The first-order valence-electron chi connectivity index (χ1n) is 13.6. The van der Waals surface area contributed by atoms with E-state index in [4.69, 9.17) is 9.15 Å². The molecule has 3 atom stereocenters. The van der Waals surface area contributed by atoms with Crippen LogP contribution in [0.25, 0.3) is 21.3 Å². The van der Waals surface area contributed by atoms with Crippen molar-refractivity contribution in [2.75, 3.05) is 12.4 Å². The number of nitrogens with one attached hydrogen (secondary N) is 2. The largest absolute Gasteiger partial charge is 0.495 e. The lowest BCUT2D eigenvalue weighted by Gasteiger charge is -2.35. The average Bonchev–Trinajstić information content (AvgIpc) is 3.66. The molecule has 1 fully saturated rings. The van der Waals surface area contributed by atoms with Crippen LogP contribution in [0.1, 0.15) is 41.5 Å². The van der Waals surface area contributed by atoms with Gasteiger partial charge in [-0.05, 0) is 42.5 Å². The van der Waals surface area contributed by atoms with Crippen molar-refractivity contribution in [3.63, 3.8) is 0 Å². The molecule has 5 aromatic rings. The van der Waals surface area contributed by atoms with Crippen LogP contribution in [-0.4, -0.2) is 45.3 Å². The summed E-state index contributed by atoms with van der Waals surface area (Å²) >= 11 is 1.05. The molecule has 4 aromatic heterocycles. The van der Waals surface area contributed by atoms with E-state index >= 15 is 0 Å². The van der Waals surface area contributed by atoms with Crippen LogP contribution in [-0.2, 0) is 13.0 Å². The van der Waals surface area contributed by atoms with Gasteiger partial charge in [-0.3, -0.25) is 4.98 Å². The summed E-state index contributed by atoms with van der Waals surface area (Å²) in [6, 6.07) is 12.0. The van der Waals surface area contributed by atoms with Crippen molar-refractivity contribution in [1.82, 2.24) is 25.3 Å². The highest BCUT2D eigenvalue weighted by atomic mass is 35.5. The Morgan fingerprint density at radius 3 is 2.56 bits per heavy atom. The number of hydrogen-bond acceptors (Lipinski definition) is 9. The first-order valence-corrected chi connectivity index (χ1v) is 14.4. The number of hydrogen-bond donors (Lipinski definition) is 2. The molecule has 4 heterocycles. The van der Waals surface area contributed by atoms with Gasteiger partial charge >= 0.3 is 6.18 Å². The van der Waals surface area contributed by atoms with Gasteiger partial charge < -0.3 is 19.8 Å². The van der Waals surface area contributed by atoms with Crippen LogP contribution in [0.2, 0.25) is 0 Å². The lowest BCUT2D eigenvalue weighted by Crippen LogP contribution is -2.41. The molecule has 0 unspecified atom stereocenters. The maximum absolute atomic E-state index is 13.0. The van der Waals surface area contributed by atoms with Crippen LogP contribution in [0, 0.1) is 0 Å². The van der Waals surface area contributed by atoms with E-state index in [0.717, 1.165) is 47.3 Å². The van der Waals surface area contributed by atoms with E-state index in [1.807, 2.05) is 12.3 Å². The number of benzene rings is 1. The molecule has 13 heteroatoms. The minimum atomic E-state index is -4.28. The van der Waals surface area contributed by atoms with Crippen LogP contribution in [0.4, 0.5) is 19.0 Å². The number of anilines is 1. The predicted molar refractivity (Wildman–Crippen MR) is 162 cm³/mol. The number of thiophene rings is 1. The zero-order valence-electron chi connectivity index (χ0n) is 23.2. The number of aromatic nitrogens is 4. The van der Waals surface area contributed by atoms with Gasteiger partial charge in [0, 0.05) is 41.2 Å². The first-order chi connectivity index (χ1) is 20.3. The summed E-state index contributed by atoms with van der Waals surface area (Å²) in [6.45, 7) is 0.676. The Morgan fingerprint density at radius 2 is 1.81 bits per heavy atom. The third kappa shape index (κ3) is 7.62. The third-order valence-electron chi connectivity index (χ3n) is 7.43. The van der Waals surface area contributed by atoms with Crippen molar-refractivity contribution in [3.8, 4) is 16.9 Å². The number of rotatable bonds is 9. The van der Waals surface area contributed by atoms with Crippen molar-refractivity contribution >= 4 is 39.8 Å². The second-order valence-corrected chi connectivity index (χ2v) is 11.6. The molecule has 0 aliphatic heterocycles. The summed E-state index contributed by atoms with van der Waals surface area (Å²) in [4.78, 5) is 18.0. The van der Waals surface area contributed by atoms with Gasteiger partial charge in [0.15, 0.2) is 5.89 Å². The number of oxazole rings is 1. The van der Waals surface area contributed by atoms with E-state index in [1.165, 1.54) is 6.33 Å². The van der Waals surface area contributed by atoms with Crippen LogP contribution in [0.15, 0.2) is 72.0 Å². The molecule has 0 radical (unpaired) electrons. The predicted octanol–water partition coefficient (Wildman–Crippen LogP) is 7.18. The van der Waals surface area contributed by atoms with Gasteiger partial charge in [-0.1, -0.05) is 24.3 Å². The van der Waals surface area contributed by atoms with Crippen molar-refractivity contribution < 1.29 is 22.3 Å². The lowest BCUT2D eigenvalue weighted by molar-refractivity contribution is -0.126. The smallest absolute Gasteiger partial charge is 0.393 e. The van der Waals surface area contributed by atoms with E-state index in [-0.39, 0.29) is 35.3 Å². The normalized spacial score (nSPS) is 18.7. The molecule has 2 N–H and O–H groups in total. The molecule has 8 nitrogen and oxygen atoms in total. The summed E-state index contributed by atoms with van der Waals surface area (Å²) in [5.41, 5.74) is 3.18. The highest BCUT2D eigenvalue weighted by Crippen LogP contribution is 2.37. The zero-order valence-corrected chi connectivity index (χ0v) is 24.8. The topological polar surface area (TPSA) is 98.0 Å². The fraction of sp³-hybridized carbons (Fsp3) is 0.333. The van der Waals surface area contributed by atoms with E-state index in [2.05, 4.69) is 54.8 Å². The monoisotopic (exact) mass is 630 g/mol. The average molecular weight is 631 g/mol. The Hall–Kier alpha value is -3.74. The number of pyridine rings is 1. The van der Waals surface area contributed by atoms with Crippen molar-refractivity contribution in [1.29, 1.82) is 0 Å². The molecule has 0 amide bonds. The van der Waals surface area contributed by atoms with Crippen molar-refractivity contribution in [3.05, 3.63) is 83.9 Å². The van der Waals surface area contributed by atoms with Gasteiger partial charge in [-0.2, -0.15) is 13.2 Å². The summed E-state index contributed by atoms with van der Waals surface area (Å²) in [7, 11) is 1.62. The molecule has 1 aliphatic rings. The highest BCUT2D eigenvalue weighted by Gasteiger charge is 2.33. The molecule has 6 rings (SSSR count). The molecule has 1 aromatic carbocycles. The molecule has 43 heavy (non-hydrogen) atoms. The minimum absolute atomic E-state index is 0. The first kappa shape index (κ1) is 30.7. The van der Waals surface area contributed by atoms with Gasteiger partial charge in [0.05, 0.1) is 31.3 Å². The van der Waals surface area contributed by atoms with Crippen LogP contribution in [0.5, 0.6) is 5.75 Å². The summed E-state index contributed by atoms with van der Waals surface area (Å²) in [6.07, 6.45) is 5.26. The fourth-order valence-corrected chi connectivity index (χ4v) is 6.53. The number of nitrogens with zero attached hydrogens (tertiary/aromatic N) is 4. The summed E-state index contributed by atoms with van der Waals surface area (Å²) in [5, 5.41) is 7.80. The molecule has 0 spiro atoms. The zero-order chi connectivity index (χ0) is 29.1. The van der Waals surface area contributed by atoms with Gasteiger partial charge in [0.2, 0.25) is 0 Å². The van der Waals surface area contributed by atoms with E-state index in [1.54, 1.807) is 31.8 Å². The van der Waals surface area contributed by atoms with Crippen LogP contribution in [0.3, 0.4) is 0 Å². The number of halogens is 4. The Balaban J connectivity index is 0.00000368. The van der Waals surface area contributed by atoms with Gasteiger partial charge in [0.25, 0.3) is 0 Å². The summed E-state index contributed by atoms with van der Waals surface area (Å²) < 4.78 is 50.0. The van der Waals surface area contributed by atoms with Gasteiger partial charge in [0.1, 0.15) is 29.0 Å². The Kier molecular flexibility index (Phi) is 9.48. The SMILES string of the molecule is COc1cncc(-c2ccc(CN[C@@H]3C[C@H](Nc4ncnc5sc(CC(F)(F)F)cc45)C[C@H](c4ncco4)C3)cc2)c1.Cl. The van der Waals surface area contributed by atoms with E-state index in [0.29, 0.717) is 34.2 Å². The molecule has 226 valence electrons. The number of methoxy groups -OCH3 is 1. The number of ether oxygens (including phenoxy) is 1. The Bertz CT molecular complexity index is 1630. The van der Waals surface area contributed by atoms with Crippen molar-refractivity contribution in [2.45, 2.75) is 56.4 Å². The molecule has 0 saturated heterocycles. The minimum Gasteiger partial charge on any atom is -0.495 e. The molecular weight excluding hydrogens is 601 g/mol. The lowest BCUT2D eigenvalue weighted by atomic mass is 9.82. The second-order valence-electron chi connectivity index (χ2n) is 10.4. The van der Waals surface area contributed by atoms with E-state index in [9.17, 15) is 13.2 Å². The molecular formula is C30H30ClF3N6O2S. The molecule has 0 bridgehead atoms. The van der Waals surface area contributed by atoms with Crippen LogP contribution < -0.4 is 15.4 Å². The Morgan fingerprint density at radius 1 is 1.00 bits per heavy atom. The standard InChI is InChI=1S/C30H29F3N6O2S.ClH/c1-40-24-10-21(15-34-16-24)19-4-2-18(3-5-19)14-36-22-8-20(28-35-6-7-41-28)9-23(11-22)39-27-26-12-25(13-30(31,32)33)42-29(26)38-17-37-27;/h2-7,10,12,15-17,20,22-23,36H,8-9,11,13-14H2,1H3,(H,37,38,39);1H/t20-,22+,23-;/m1./s1. The fourth-order valence-electron chi connectivity index (χ4n) is 5.51.